The van der Waals surface area contributed by atoms with E-state index >= 15 is 0 Å². The molecule has 4 nitrogen and oxygen atoms in total. The van der Waals surface area contributed by atoms with E-state index in [2.05, 4.69) is 26.0 Å². The van der Waals surface area contributed by atoms with Crippen molar-refractivity contribution in [3.8, 4) is 0 Å². The number of allylic oxidation sites excluding steroid dienone is 2. The van der Waals surface area contributed by atoms with Crippen LogP contribution in [0.25, 0.3) is 0 Å². The van der Waals surface area contributed by atoms with Crippen LogP contribution in [0.2, 0.25) is 0 Å². The number of rotatable bonds is 27. The molecule has 0 radical (unpaired) electrons. The molecule has 0 aliphatic heterocycles. The lowest BCUT2D eigenvalue weighted by Crippen LogP contribution is -2.18. The van der Waals surface area contributed by atoms with Crippen molar-refractivity contribution in [3.63, 3.8) is 0 Å². The van der Waals surface area contributed by atoms with Crippen LogP contribution in [-0.2, 0) is 14.3 Å². The van der Waals surface area contributed by atoms with Crippen LogP contribution in [0, 0.1) is 0 Å². The summed E-state index contributed by atoms with van der Waals surface area (Å²) >= 11 is 0. The molecule has 0 aromatic rings. The number of ether oxygens (including phenoxy) is 1. The predicted octanol–water partition coefficient (Wildman–Crippen LogP) is 9.94. The molecule has 1 N–H and O–H groups in total. The Morgan fingerprint density at radius 1 is 0.600 bits per heavy atom. The average molecular weight is 495 g/mol. The minimum Gasteiger partial charge on any atom is -0.481 e. The molecule has 0 bridgehead atoms. The smallest absolute Gasteiger partial charge is 0.306 e. The lowest BCUT2D eigenvalue weighted by Gasteiger charge is -2.17. The Bertz CT molecular complexity index is 500. The van der Waals surface area contributed by atoms with E-state index in [1.807, 2.05) is 0 Å². The van der Waals surface area contributed by atoms with Gasteiger partial charge >= 0.3 is 11.9 Å². The molecule has 0 fully saturated rings. The highest BCUT2D eigenvalue weighted by atomic mass is 16.5. The first-order chi connectivity index (χ1) is 17.1. The number of hydrogen-bond acceptors (Lipinski definition) is 3. The van der Waals surface area contributed by atoms with Crippen LogP contribution in [0.15, 0.2) is 12.2 Å². The number of carbonyl (C=O) groups excluding carboxylic acids is 1. The molecule has 1 atom stereocenters. The number of aliphatic carboxylic acids is 1. The van der Waals surface area contributed by atoms with Gasteiger partial charge in [-0.15, -0.1) is 0 Å². The number of carboxylic acids is 1. The second-order valence-corrected chi connectivity index (χ2v) is 10.3. The van der Waals surface area contributed by atoms with Gasteiger partial charge in [0.05, 0.1) is 0 Å². The van der Waals surface area contributed by atoms with Crippen molar-refractivity contribution in [3.05, 3.63) is 12.2 Å². The molecular formula is C31H58O4. The number of esters is 1. The predicted molar refractivity (Wildman–Crippen MR) is 149 cm³/mol. The van der Waals surface area contributed by atoms with Gasteiger partial charge in [-0.3, -0.25) is 9.59 Å². The fourth-order valence-electron chi connectivity index (χ4n) is 4.52. The fraction of sp³-hybridized carbons (Fsp3) is 0.871. The van der Waals surface area contributed by atoms with E-state index in [1.165, 1.54) is 83.5 Å². The maximum Gasteiger partial charge on any atom is 0.306 e. The molecule has 35 heavy (non-hydrogen) atoms. The van der Waals surface area contributed by atoms with Gasteiger partial charge in [0, 0.05) is 12.8 Å². The van der Waals surface area contributed by atoms with E-state index in [1.54, 1.807) is 0 Å². The summed E-state index contributed by atoms with van der Waals surface area (Å²) < 4.78 is 5.78. The Labute approximate surface area is 217 Å². The largest absolute Gasteiger partial charge is 0.481 e. The molecule has 0 rings (SSSR count). The first-order valence-corrected chi connectivity index (χ1v) is 15.2. The van der Waals surface area contributed by atoms with E-state index in [9.17, 15) is 9.59 Å². The lowest BCUT2D eigenvalue weighted by atomic mass is 10.0. The van der Waals surface area contributed by atoms with Gasteiger partial charge in [0.25, 0.3) is 0 Å². The van der Waals surface area contributed by atoms with Crippen molar-refractivity contribution in [1.29, 1.82) is 0 Å². The second-order valence-electron chi connectivity index (χ2n) is 10.3. The maximum atomic E-state index is 12.3. The molecule has 4 heteroatoms. The summed E-state index contributed by atoms with van der Waals surface area (Å²) in [6.07, 6.45) is 31.3. The third-order valence-electron chi connectivity index (χ3n) is 6.72. The Kier molecular flexibility index (Phi) is 26.2. The Morgan fingerprint density at radius 3 is 1.63 bits per heavy atom. The third-order valence-corrected chi connectivity index (χ3v) is 6.72. The molecule has 0 saturated carbocycles. The molecule has 0 spiro atoms. The Balaban J connectivity index is 3.59. The molecule has 0 aliphatic rings. The zero-order chi connectivity index (χ0) is 25.8. The molecule has 0 aromatic carbocycles. The highest BCUT2D eigenvalue weighted by Gasteiger charge is 2.13. The molecular weight excluding hydrogens is 436 g/mol. The molecule has 0 aromatic heterocycles. The fourth-order valence-corrected chi connectivity index (χ4v) is 4.52. The minimum atomic E-state index is -0.691. The quantitative estimate of drug-likeness (QED) is 0.0701. The Morgan fingerprint density at radius 2 is 1.09 bits per heavy atom. The van der Waals surface area contributed by atoms with Crippen LogP contribution < -0.4 is 0 Å². The summed E-state index contributed by atoms with van der Waals surface area (Å²) in [4.78, 5) is 22.8. The van der Waals surface area contributed by atoms with E-state index in [0.29, 0.717) is 12.8 Å². The standard InChI is InChI=1S/C31H58O4/c1-3-5-6-7-8-9-10-11-12-13-14-18-21-24-28-31(34)35-29(25-4-2)26-22-19-16-15-17-20-23-27-30(32)33/h9-10,29H,3-8,11-28H2,1-2H3,(H,32,33)/b10-9-. The Hall–Kier alpha value is -1.32. The number of unbranched alkanes of at least 4 members (excludes halogenated alkanes) is 16. The molecule has 0 saturated heterocycles. The molecule has 0 heterocycles. The monoisotopic (exact) mass is 494 g/mol. The highest BCUT2D eigenvalue weighted by molar-refractivity contribution is 5.69. The number of hydrogen-bond donors (Lipinski definition) is 1. The summed E-state index contributed by atoms with van der Waals surface area (Å²) in [5, 5.41) is 8.65. The van der Waals surface area contributed by atoms with E-state index < -0.39 is 5.97 Å². The first kappa shape index (κ1) is 33.7. The van der Waals surface area contributed by atoms with Crippen LogP contribution in [0.3, 0.4) is 0 Å². The van der Waals surface area contributed by atoms with E-state index in [4.69, 9.17) is 9.84 Å². The van der Waals surface area contributed by atoms with Crippen LogP contribution >= 0.6 is 0 Å². The van der Waals surface area contributed by atoms with Crippen molar-refractivity contribution < 1.29 is 19.4 Å². The summed E-state index contributed by atoms with van der Waals surface area (Å²) in [5.41, 5.74) is 0. The number of carbonyl (C=O) groups is 2. The van der Waals surface area contributed by atoms with Crippen molar-refractivity contribution in [1.82, 2.24) is 0 Å². The molecule has 1 unspecified atom stereocenters. The average Bonchev–Trinajstić information content (AvgIpc) is 2.83. The summed E-state index contributed by atoms with van der Waals surface area (Å²) in [6, 6.07) is 0. The zero-order valence-corrected chi connectivity index (χ0v) is 23.4. The maximum absolute atomic E-state index is 12.3. The van der Waals surface area contributed by atoms with Gasteiger partial charge < -0.3 is 9.84 Å². The summed E-state index contributed by atoms with van der Waals surface area (Å²) in [7, 11) is 0. The van der Waals surface area contributed by atoms with Gasteiger partial charge in [-0.05, 0) is 57.8 Å². The topological polar surface area (TPSA) is 63.6 Å². The molecule has 206 valence electrons. The van der Waals surface area contributed by atoms with Gasteiger partial charge in [-0.2, -0.15) is 0 Å². The molecule has 0 aliphatic carbocycles. The third kappa shape index (κ3) is 27.1. The highest BCUT2D eigenvalue weighted by Crippen LogP contribution is 2.16. The number of carboxylic acid groups (broad SMARTS) is 1. The lowest BCUT2D eigenvalue weighted by molar-refractivity contribution is -0.150. The summed E-state index contributed by atoms with van der Waals surface area (Å²) in [6.45, 7) is 4.41. The van der Waals surface area contributed by atoms with Gasteiger partial charge in [-0.25, -0.2) is 0 Å². The SMILES string of the molecule is CCCCCC/C=C\CCCCCCCCC(=O)OC(CCC)CCCCCCCCCC(=O)O. The van der Waals surface area contributed by atoms with Gasteiger partial charge in [0.15, 0.2) is 0 Å². The minimum absolute atomic E-state index is 0.00838. The van der Waals surface area contributed by atoms with Gasteiger partial charge in [0.2, 0.25) is 0 Å². The van der Waals surface area contributed by atoms with Crippen LogP contribution in [-0.4, -0.2) is 23.1 Å². The van der Waals surface area contributed by atoms with Crippen LogP contribution in [0.5, 0.6) is 0 Å². The van der Waals surface area contributed by atoms with Crippen molar-refractivity contribution in [2.75, 3.05) is 0 Å². The first-order valence-electron chi connectivity index (χ1n) is 15.2. The second kappa shape index (κ2) is 27.3. The van der Waals surface area contributed by atoms with E-state index in [0.717, 1.165) is 57.8 Å². The zero-order valence-electron chi connectivity index (χ0n) is 23.4. The van der Waals surface area contributed by atoms with Gasteiger partial charge in [-0.1, -0.05) is 109 Å². The van der Waals surface area contributed by atoms with Crippen molar-refractivity contribution >= 4 is 11.9 Å². The van der Waals surface area contributed by atoms with E-state index in [-0.39, 0.29) is 12.1 Å². The normalized spacial score (nSPS) is 12.3. The van der Waals surface area contributed by atoms with Crippen LogP contribution in [0.4, 0.5) is 0 Å². The summed E-state index contributed by atoms with van der Waals surface area (Å²) in [5.74, 6) is -0.699. The van der Waals surface area contributed by atoms with Crippen molar-refractivity contribution in [2.24, 2.45) is 0 Å². The van der Waals surface area contributed by atoms with Gasteiger partial charge in [0.1, 0.15) is 6.10 Å². The molecule has 0 amide bonds. The van der Waals surface area contributed by atoms with Crippen LogP contribution in [0.1, 0.15) is 168 Å². The van der Waals surface area contributed by atoms with Crippen molar-refractivity contribution in [2.45, 2.75) is 174 Å².